The zero-order chi connectivity index (χ0) is 18.9. The van der Waals surface area contributed by atoms with Crippen LogP contribution in [0.3, 0.4) is 0 Å². The molecule has 0 unspecified atom stereocenters. The smallest absolute Gasteiger partial charge is 0.269 e. The second kappa shape index (κ2) is 6.93. The minimum absolute atomic E-state index is 0.100. The van der Waals surface area contributed by atoms with Gasteiger partial charge >= 0.3 is 0 Å². The third-order valence-corrected chi connectivity index (χ3v) is 6.11. The summed E-state index contributed by atoms with van der Waals surface area (Å²) in [6, 6.07) is 9.72. The highest BCUT2D eigenvalue weighted by Crippen LogP contribution is 2.31. The minimum atomic E-state index is -3.31. The molecular formula is C16H14ClN3O5S. The van der Waals surface area contributed by atoms with E-state index in [1.165, 1.54) is 40.7 Å². The third kappa shape index (κ3) is 3.63. The topological polar surface area (TPSA) is 110 Å². The van der Waals surface area contributed by atoms with Crippen molar-refractivity contribution in [1.29, 1.82) is 0 Å². The van der Waals surface area contributed by atoms with Crippen molar-refractivity contribution < 1.29 is 18.1 Å². The van der Waals surface area contributed by atoms with Crippen LogP contribution in [0.1, 0.15) is 16.8 Å². The summed E-state index contributed by atoms with van der Waals surface area (Å²) < 4.78 is 25.2. The number of nitrogens with one attached hydrogen (secondary N) is 1. The maximum atomic E-state index is 12.2. The van der Waals surface area contributed by atoms with Crippen LogP contribution >= 0.6 is 11.6 Å². The van der Waals surface area contributed by atoms with Gasteiger partial charge in [-0.25, -0.2) is 8.42 Å². The van der Waals surface area contributed by atoms with Crippen LogP contribution in [-0.2, 0) is 10.0 Å². The van der Waals surface area contributed by atoms with E-state index in [-0.39, 0.29) is 22.0 Å². The first-order chi connectivity index (χ1) is 12.3. The van der Waals surface area contributed by atoms with Gasteiger partial charge < -0.3 is 5.32 Å². The molecule has 0 spiro atoms. The average molecular weight is 396 g/mol. The van der Waals surface area contributed by atoms with Crippen LogP contribution in [0, 0.1) is 10.1 Å². The summed E-state index contributed by atoms with van der Waals surface area (Å²) in [5, 5.41) is 13.4. The molecule has 3 rings (SSSR count). The van der Waals surface area contributed by atoms with Crippen LogP contribution in [0.2, 0.25) is 5.02 Å². The monoisotopic (exact) mass is 395 g/mol. The Morgan fingerprint density at radius 3 is 2.42 bits per heavy atom. The van der Waals surface area contributed by atoms with Crippen molar-refractivity contribution >= 4 is 44.6 Å². The zero-order valence-electron chi connectivity index (χ0n) is 13.4. The minimum Gasteiger partial charge on any atom is -0.321 e. The molecule has 2 aromatic carbocycles. The number of benzene rings is 2. The number of amides is 1. The Hall–Kier alpha value is -2.65. The largest absolute Gasteiger partial charge is 0.321 e. The molecule has 0 atom stereocenters. The van der Waals surface area contributed by atoms with Gasteiger partial charge in [-0.2, -0.15) is 0 Å². The van der Waals surface area contributed by atoms with Crippen molar-refractivity contribution in [1.82, 2.24) is 0 Å². The molecule has 2 aromatic rings. The van der Waals surface area contributed by atoms with E-state index in [0.29, 0.717) is 24.3 Å². The Labute approximate surface area is 154 Å². The first-order valence-corrected chi connectivity index (χ1v) is 9.62. The normalized spacial score (nSPS) is 15.7. The van der Waals surface area contributed by atoms with Gasteiger partial charge in [0.2, 0.25) is 10.0 Å². The number of nitro benzene ring substituents is 1. The Morgan fingerprint density at radius 1 is 1.19 bits per heavy atom. The van der Waals surface area contributed by atoms with Crippen LogP contribution in [-0.4, -0.2) is 31.5 Å². The summed E-state index contributed by atoms with van der Waals surface area (Å²) in [5.41, 5.74) is 0.879. The number of rotatable bonds is 4. The maximum absolute atomic E-state index is 12.2. The van der Waals surface area contributed by atoms with E-state index in [4.69, 9.17) is 11.6 Å². The molecule has 0 radical (unpaired) electrons. The second-order valence-corrected chi connectivity index (χ2v) is 8.08. The van der Waals surface area contributed by atoms with Gasteiger partial charge in [0.15, 0.2) is 0 Å². The number of anilines is 2. The summed E-state index contributed by atoms with van der Waals surface area (Å²) in [6.45, 7) is 0.396. The first kappa shape index (κ1) is 18.2. The highest BCUT2D eigenvalue weighted by Gasteiger charge is 2.28. The fourth-order valence-corrected chi connectivity index (χ4v) is 4.40. The van der Waals surface area contributed by atoms with E-state index in [9.17, 15) is 23.3 Å². The van der Waals surface area contributed by atoms with Gasteiger partial charge in [0.25, 0.3) is 11.6 Å². The van der Waals surface area contributed by atoms with Crippen molar-refractivity contribution in [3.05, 3.63) is 63.2 Å². The molecule has 10 heteroatoms. The Kier molecular flexibility index (Phi) is 4.84. The van der Waals surface area contributed by atoms with Gasteiger partial charge in [-0.05, 0) is 36.8 Å². The molecule has 1 N–H and O–H groups in total. The predicted molar refractivity (Wildman–Crippen MR) is 98.3 cm³/mol. The summed E-state index contributed by atoms with van der Waals surface area (Å²) in [4.78, 5) is 22.3. The summed E-state index contributed by atoms with van der Waals surface area (Å²) >= 11 is 6.17. The maximum Gasteiger partial charge on any atom is 0.269 e. The first-order valence-electron chi connectivity index (χ1n) is 7.64. The number of hydrogen-bond donors (Lipinski definition) is 1. The molecule has 0 saturated carbocycles. The van der Waals surface area contributed by atoms with Gasteiger partial charge in [-0.1, -0.05) is 11.6 Å². The van der Waals surface area contributed by atoms with Crippen molar-refractivity contribution in [3.63, 3.8) is 0 Å². The van der Waals surface area contributed by atoms with Crippen LogP contribution in [0.25, 0.3) is 0 Å². The third-order valence-electron chi connectivity index (χ3n) is 3.93. The lowest BCUT2D eigenvalue weighted by Crippen LogP contribution is -2.25. The lowest BCUT2D eigenvalue weighted by molar-refractivity contribution is -0.384. The van der Waals surface area contributed by atoms with E-state index >= 15 is 0 Å². The van der Waals surface area contributed by atoms with Gasteiger partial charge in [0, 0.05) is 24.2 Å². The Bertz CT molecular complexity index is 976. The fraction of sp³-hybridized carbons (Fsp3) is 0.188. The Morgan fingerprint density at radius 2 is 1.88 bits per heavy atom. The van der Waals surface area contributed by atoms with E-state index in [2.05, 4.69) is 5.32 Å². The highest BCUT2D eigenvalue weighted by molar-refractivity contribution is 7.93. The van der Waals surface area contributed by atoms with Gasteiger partial charge in [0.05, 0.1) is 27.1 Å². The van der Waals surface area contributed by atoms with Crippen LogP contribution in [0.15, 0.2) is 42.5 Å². The molecule has 1 amide bonds. The number of carbonyl (C=O) groups is 1. The fourth-order valence-electron chi connectivity index (χ4n) is 2.62. The lowest BCUT2D eigenvalue weighted by atomic mass is 10.2. The summed E-state index contributed by atoms with van der Waals surface area (Å²) in [6.07, 6.45) is 0.554. The molecule has 136 valence electrons. The zero-order valence-corrected chi connectivity index (χ0v) is 15.0. The number of nitrogens with zero attached hydrogens (tertiary/aromatic N) is 2. The van der Waals surface area contributed by atoms with Crippen molar-refractivity contribution in [3.8, 4) is 0 Å². The van der Waals surface area contributed by atoms with Crippen LogP contribution < -0.4 is 9.62 Å². The number of carbonyl (C=O) groups excluding carboxylic acids is 1. The quantitative estimate of drug-likeness (QED) is 0.632. The SMILES string of the molecule is O=C(Nc1ccc(N2CCCS2(=O)=O)cc1Cl)c1ccc([N+](=O)[O-])cc1. The molecule has 0 aromatic heterocycles. The highest BCUT2D eigenvalue weighted by atomic mass is 35.5. The molecule has 1 fully saturated rings. The van der Waals surface area contributed by atoms with E-state index < -0.39 is 20.9 Å². The number of sulfonamides is 1. The molecule has 1 aliphatic rings. The van der Waals surface area contributed by atoms with Crippen LogP contribution in [0.4, 0.5) is 17.1 Å². The molecule has 0 aliphatic carbocycles. The van der Waals surface area contributed by atoms with Crippen LogP contribution in [0.5, 0.6) is 0 Å². The van der Waals surface area contributed by atoms with Crippen molar-refractivity contribution in [2.75, 3.05) is 21.9 Å². The predicted octanol–water partition coefficient (Wildman–Crippen LogP) is 3.04. The van der Waals surface area contributed by atoms with Gasteiger partial charge in [0.1, 0.15) is 0 Å². The number of halogens is 1. The standard InChI is InChI=1S/C16H14ClN3O5S/c17-14-10-13(19-8-1-9-26(19,24)25)6-7-15(14)18-16(21)11-2-4-12(5-3-11)20(22)23/h2-7,10H,1,8-9H2,(H,18,21). The molecule has 1 aliphatic heterocycles. The number of hydrogen-bond acceptors (Lipinski definition) is 5. The molecule has 26 heavy (non-hydrogen) atoms. The average Bonchev–Trinajstić information content (AvgIpc) is 2.96. The molecule has 1 saturated heterocycles. The van der Waals surface area contributed by atoms with Crippen molar-refractivity contribution in [2.45, 2.75) is 6.42 Å². The molecular weight excluding hydrogens is 382 g/mol. The van der Waals surface area contributed by atoms with Gasteiger partial charge in [-0.15, -0.1) is 0 Å². The lowest BCUT2D eigenvalue weighted by Gasteiger charge is -2.18. The Balaban J connectivity index is 1.78. The summed E-state index contributed by atoms with van der Waals surface area (Å²) in [7, 11) is -3.31. The van der Waals surface area contributed by atoms with E-state index in [0.717, 1.165) is 0 Å². The number of nitro groups is 1. The number of non-ortho nitro benzene ring substituents is 1. The summed E-state index contributed by atoms with van der Waals surface area (Å²) in [5.74, 6) is -0.383. The van der Waals surface area contributed by atoms with Gasteiger partial charge in [-0.3, -0.25) is 19.2 Å². The van der Waals surface area contributed by atoms with Crippen molar-refractivity contribution in [2.24, 2.45) is 0 Å². The second-order valence-electron chi connectivity index (χ2n) is 5.66. The molecule has 0 bridgehead atoms. The molecule has 8 nitrogen and oxygen atoms in total. The molecule has 1 heterocycles. The van der Waals surface area contributed by atoms with E-state index in [1.807, 2.05) is 0 Å². The van der Waals surface area contributed by atoms with E-state index in [1.54, 1.807) is 6.07 Å².